The van der Waals surface area contributed by atoms with E-state index in [0.717, 1.165) is 0 Å². The van der Waals surface area contributed by atoms with Crippen LogP contribution < -0.4 is 28.4 Å². The number of Topliss-reactive ketones (excluding diaryl/α,β-unsaturated/α-hetero) is 1. The van der Waals surface area contributed by atoms with Crippen LogP contribution in [-0.4, -0.2) is 66.8 Å². The summed E-state index contributed by atoms with van der Waals surface area (Å²) < 4.78 is 38.3. The molecule has 0 radical (unpaired) electrons. The largest absolute Gasteiger partial charge is 0.493 e. The molecule has 1 N–H and O–H groups in total. The van der Waals surface area contributed by atoms with Gasteiger partial charge in [-0.1, -0.05) is 0 Å². The van der Waals surface area contributed by atoms with E-state index in [0.29, 0.717) is 45.6 Å². The van der Waals surface area contributed by atoms with E-state index in [4.69, 9.17) is 33.2 Å². The van der Waals surface area contributed by atoms with Crippen molar-refractivity contribution in [2.24, 2.45) is 11.8 Å². The maximum Gasteiger partial charge on any atom is 0.203 e. The van der Waals surface area contributed by atoms with E-state index in [9.17, 15) is 9.90 Å². The Morgan fingerprint density at radius 2 is 1.27 bits per heavy atom. The quantitative estimate of drug-likeness (QED) is 0.534. The van der Waals surface area contributed by atoms with E-state index in [2.05, 4.69) is 0 Å². The van der Waals surface area contributed by atoms with Crippen LogP contribution in [0.2, 0.25) is 0 Å². The zero-order chi connectivity index (χ0) is 24.1. The van der Waals surface area contributed by atoms with Gasteiger partial charge < -0.3 is 38.3 Å². The van der Waals surface area contributed by atoms with Gasteiger partial charge in [0.15, 0.2) is 28.8 Å². The molecule has 1 heterocycles. The SMILES string of the molecule is COc1cc(C(=O)C2COC(c3cc(OC)c(OC)c(OC)c3)C2CO)cc(OC)c1OC. The Kier molecular flexibility index (Phi) is 7.88. The van der Waals surface area contributed by atoms with Gasteiger partial charge in [0.05, 0.1) is 61.3 Å². The van der Waals surface area contributed by atoms with Crippen molar-refractivity contribution < 1.29 is 43.1 Å². The summed E-state index contributed by atoms with van der Waals surface area (Å²) in [6.07, 6.45) is -0.542. The Bertz CT molecular complexity index is 938. The summed E-state index contributed by atoms with van der Waals surface area (Å²) >= 11 is 0. The lowest BCUT2D eigenvalue weighted by Gasteiger charge is -2.22. The van der Waals surface area contributed by atoms with Crippen LogP contribution in [0, 0.1) is 11.8 Å². The van der Waals surface area contributed by atoms with Crippen molar-refractivity contribution >= 4 is 5.78 Å². The van der Waals surface area contributed by atoms with Crippen molar-refractivity contribution in [3.63, 3.8) is 0 Å². The Balaban J connectivity index is 1.96. The van der Waals surface area contributed by atoms with Gasteiger partial charge in [-0.25, -0.2) is 0 Å². The maximum absolute atomic E-state index is 13.5. The molecule has 1 saturated heterocycles. The lowest BCUT2D eigenvalue weighted by Crippen LogP contribution is -2.26. The molecule has 0 aromatic heterocycles. The number of hydrogen-bond acceptors (Lipinski definition) is 9. The highest BCUT2D eigenvalue weighted by molar-refractivity contribution is 5.99. The van der Waals surface area contributed by atoms with Crippen molar-refractivity contribution in [1.82, 2.24) is 0 Å². The summed E-state index contributed by atoms with van der Waals surface area (Å²) in [4.78, 5) is 13.5. The van der Waals surface area contributed by atoms with Gasteiger partial charge in [0.25, 0.3) is 0 Å². The number of ketones is 1. The number of methoxy groups -OCH3 is 6. The van der Waals surface area contributed by atoms with Gasteiger partial charge in [-0.3, -0.25) is 4.79 Å². The molecule has 0 spiro atoms. The first-order valence-electron chi connectivity index (χ1n) is 10.3. The minimum absolute atomic E-state index is 0.141. The van der Waals surface area contributed by atoms with Gasteiger partial charge in [0.2, 0.25) is 11.5 Å². The minimum Gasteiger partial charge on any atom is -0.493 e. The van der Waals surface area contributed by atoms with Crippen LogP contribution >= 0.6 is 0 Å². The molecule has 180 valence electrons. The smallest absolute Gasteiger partial charge is 0.203 e. The number of carbonyl (C=O) groups excluding carboxylic acids is 1. The molecule has 1 fully saturated rings. The van der Waals surface area contributed by atoms with Crippen molar-refractivity contribution in [3.05, 3.63) is 35.4 Å². The molecule has 0 aliphatic carbocycles. The van der Waals surface area contributed by atoms with Crippen LogP contribution in [-0.2, 0) is 4.74 Å². The second kappa shape index (κ2) is 10.6. The molecule has 2 aromatic rings. The molecule has 0 bridgehead atoms. The first-order chi connectivity index (χ1) is 16.0. The Labute approximate surface area is 193 Å². The van der Waals surface area contributed by atoms with E-state index in [1.807, 2.05) is 0 Å². The fourth-order valence-corrected chi connectivity index (χ4v) is 4.21. The van der Waals surface area contributed by atoms with E-state index in [1.54, 1.807) is 24.3 Å². The number of rotatable bonds is 10. The molecule has 0 amide bonds. The third-order valence-electron chi connectivity index (χ3n) is 5.87. The number of carbonyl (C=O) groups is 1. The molecule has 9 nitrogen and oxygen atoms in total. The van der Waals surface area contributed by atoms with Crippen LogP contribution in [0.1, 0.15) is 22.0 Å². The first-order valence-corrected chi connectivity index (χ1v) is 10.3. The molecule has 9 heteroatoms. The number of ether oxygens (including phenoxy) is 7. The Hall–Kier alpha value is -3.17. The predicted octanol–water partition coefficient (Wildman–Crippen LogP) is 2.92. The lowest BCUT2D eigenvalue weighted by molar-refractivity contribution is 0.0711. The molecule has 2 aromatic carbocycles. The lowest BCUT2D eigenvalue weighted by atomic mass is 9.83. The zero-order valence-corrected chi connectivity index (χ0v) is 19.7. The second-order valence-corrected chi connectivity index (χ2v) is 7.44. The molecule has 1 aliphatic rings. The zero-order valence-electron chi connectivity index (χ0n) is 19.7. The molecule has 1 aliphatic heterocycles. The van der Waals surface area contributed by atoms with E-state index in [1.165, 1.54) is 42.7 Å². The second-order valence-electron chi connectivity index (χ2n) is 7.44. The standard InChI is InChI=1S/C24H30O9/c1-27-17-7-13(8-18(28-2)23(17)31-5)21(26)16-12-33-22(15(16)11-25)14-9-19(29-3)24(32-6)20(10-14)30-4/h7-10,15-16,22,25H,11-12H2,1-6H3. The highest BCUT2D eigenvalue weighted by Crippen LogP contribution is 2.46. The molecule has 3 rings (SSSR count). The van der Waals surface area contributed by atoms with Crippen LogP contribution in [0.15, 0.2) is 24.3 Å². The molecule has 0 saturated carbocycles. The van der Waals surface area contributed by atoms with Crippen LogP contribution in [0.25, 0.3) is 0 Å². The molecule has 3 atom stereocenters. The van der Waals surface area contributed by atoms with Gasteiger partial charge in [-0.15, -0.1) is 0 Å². The van der Waals surface area contributed by atoms with Crippen molar-refractivity contribution in [1.29, 1.82) is 0 Å². The fourth-order valence-electron chi connectivity index (χ4n) is 4.21. The number of aliphatic hydroxyl groups excluding tert-OH is 1. The average Bonchev–Trinajstić information content (AvgIpc) is 3.30. The Morgan fingerprint density at radius 3 is 1.67 bits per heavy atom. The van der Waals surface area contributed by atoms with Gasteiger partial charge >= 0.3 is 0 Å². The monoisotopic (exact) mass is 462 g/mol. The topological polar surface area (TPSA) is 102 Å². The third-order valence-corrected chi connectivity index (χ3v) is 5.87. The molecular weight excluding hydrogens is 432 g/mol. The van der Waals surface area contributed by atoms with Gasteiger partial charge in [0.1, 0.15) is 0 Å². The third kappa shape index (κ3) is 4.51. The molecule has 33 heavy (non-hydrogen) atoms. The van der Waals surface area contributed by atoms with Crippen LogP contribution in [0.3, 0.4) is 0 Å². The number of benzene rings is 2. The van der Waals surface area contributed by atoms with Crippen LogP contribution in [0.4, 0.5) is 0 Å². The van der Waals surface area contributed by atoms with Crippen molar-refractivity contribution in [2.45, 2.75) is 6.10 Å². The summed E-state index contributed by atoms with van der Waals surface area (Å²) in [7, 11) is 9.04. The summed E-state index contributed by atoms with van der Waals surface area (Å²) in [5.41, 5.74) is 1.09. The van der Waals surface area contributed by atoms with Crippen molar-refractivity contribution in [2.75, 3.05) is 55.9 Å². The molecule has 3 unspecified atom stereocenters. The first kappa shape index (κ1) is 24.5. The van der Waals surface area contributed by atoms with E-state index in [-0.39, 0.29) is 19.0 Å². The summed E-state index contributed by atoms with van der Waals surface area (Å²) in [5.74, 6) is 1.27. The fraction of sp³-hybridized carbons (Fsp3) is 0.458. The van der Waals surface area contributed by atoms with Gasteiger partial charge in [-0.2, -0.15) is 0 Å². The minimum atomic E-state index is -0.582. The van der Waals surface area contributed by atoms with Crippen molar-refractivity contribution in [3.8, 4) is 34.5 Å². The molecular formula is C24H30O9. The maximum atomic E-state index is 13.5. The predicted molar refractivity (Wildman–Crippen MR) is 119 cm³/mol. The van der Waals surface area contributed by atoms with E-state index >= 15 is 0 Å². The summed E-state index contributed by atoms with van der Waals surface area (Å²) in [5, 5.41) is 10.2. The summed E-state index contributed by atoms with van der Waals surface area (Å²) in [6, 6.07) is 6.73. The van der Waals surface area contributed by atoms with E-state index < -0.39 is 17.9 Å². The van der Waals surface area contributed by atoms with Gasteiger partial charge in [0, 0.05) is 18.1 Å². The number of hydrogen-bond donors (Lipinski definition) is 1. The van der Waals surface area contributed by atoms with Gasteiger partial charge in [-0.05, 0) is 29.8 Å². The number of aliphatic hydroxyl groups is 1. The highest BCUT2D eigenvalue weighted by Gasteiger charge is 2.43. The summed E-state index contributed by atoms with van der Waals surface area (Å²) in [6.45, 7) is -0.107. The normalized spacial score (nSPS) is 19.7. The average molecular weight is 462 g/mol. The Morgan fingerprint density at radius 1 is 0.818 bits per heavy atom. The van der Waals surface area contributed by atoms with Crippen LogP contribution in [0.5, 0.6) is 34.5 Å². The highest BCUT2D eigenvalue weighted by atomic mass is 16.5.